The Morgan fingerprint density at radius 2 is 1.78 bits per heavy atom. The highest BCUT2D eigenvalue weighted by atomic mass is 16.7. The molecule has 0 spiro atoms. The number of rotatable bonds is 16. The molecule has 2 aliphatic heterocycles. The average Bonchev–Trinajstić information content (AvgIpc) is 3.62. The summed E-state index contributed by atoms with van der Waals surface area (Å²) in [4.78, 5) is 52.1. The number of aliphatic hydroxyl groups is 6. The molecule has 18 nitrogen and oxygen atoms in total. The summed E-state index contributed by atoms with van der Waals surface area (Å²) in [5.74, 6) is -2.77. The second-order valence-electron chi connectivity index (χ2n) is 14.5. The summed E-state index contributed by atoms with van der Waals surface area (Å²) >= 11 is 0. The summed E-state index contributed by atoms with van der Waals surface area (Å²) in [6.07, 6.45) is -6.32. The fraction of sp³-hybridized carbons (Fsp3) is 0.622. The van der Waals surface area contributed by atoms with Crippen LogP contribution in [0.5, 0.6) is 0 Å². The minimum absolute atomic E-state index is 0.0510. The van der Waals surface area contributed by atoms with E-state index in [2.05, 4.69) is 10.6 Å². The standard InChI is InChI=1S/C37H52N2O16/c1-19(42)28(34(48)38-23(16-40)10-11-27(43)55-37(2,3)4)39-33(47)22-14-24-32(52-18-51-24)25(15-22)53-35(49)21-9-5-7-20(13-21)8-6-12-50-36-31(46)30(45)29(44)26(17-41)54-36/h5-9,13-14,19,23-26,28-32,36,40-42,44-46H,10-12,15-18H2,1-4H3,(H,38,48)(H,39,47)/t19-,23-,24+,25+,26+,28+,29-,30-,31+,32+,36-/m0/s1. The van der Waals surface area contributed by atoms with E-state index < -0.39 is 110 Å². The minimum atomic E-state index is -1.58. The van der Waals surface area contributed by atoms with Crippen LogP contribution in [0.4, 0.5) is 0 Å². The molecular weight excluding hydrogens is 728 g/mol. The third-order valence-electron chi connectivity index (χ3n) is 8.92. The molecule has 0 aromatic heterocycles. The van der Waals surface area contributed by atoms with E-state index >= 15 is 0 Å². The SMILES string of the molecule is C[C@H](O)[C@@H](NC(=O)C1=C[C@H]2OCO[C@H]2[C@H](OC(=O)c2cccc(C=CCO[C@H]3O[C@H](CO)[C@H](O)[C@H](O)[C@H]3O)c2)C1)C(=O)N[C@H](CO)CCC(=O)OC(C)(C)C. The van der Waals surface area contributed by atoms with E-state index in [1.807, 2.05) is 0 Å². The Bertz CT molecular complexity index is 1540. The number of hydrogen-bond donors (Lipinski definition) is 8. The Morgan fingerprint density at radius 3 is 2.45 bits per heavy atom. The molecule has 1 aromatic rings. The van der Waals surface area contributed by atoms with Gasteiger partial charge in [-0.15, -0.1) is 0 Å². The van der Waals surface area contributed by atoms with Gasteiger partial charge in [-0.2, -0.15) is 0 Å². The van der Waals surface area contributed by atoms with E-state index in [1.54, 1.807) is 51.1 Å². The molecule has 2 fully saturated rings. The fourth-order valence-electron chi connectivity index (χ4n) is 6.06. The average molecular weight is 781 g/mol. The van der Waals surface area contributed by atoms with Crippen molar-refractivity contribution < 1.29 is 78.2 Å². The van der Waals surface area contributed by atoms with Gasteiger partial charge in [-0.3, -0.25) is 14.4 Å². The van der Waals surface area contributed by atoms with Crippen LogP contribution < -0.4 is 10.6 Å². The highest BCUT2D eigenvalue weighted by Crippen LogP contribution is 2.31. The molecule has 2 heterocycles. The molecule has 18 heteroatoms. The molecule has 2 saturated heterocycles. The first kappa shape index (κ1) is 43.9. The van der Waals surface area contributed by atoms with E-state index in [0.29, 0.717) is 5.56 Å². The van der Waals surface area contributed by atoms with Gasteiger partial charge >= 0.3 is 11.9 Å². The van der Waals surface area contributed by atoms with Crippen LogP contribution in [0.25, 0.3) is 6.08 Å². The smallest absolute Gasteiger partial charge is 0.338 e. The van der Waals surface area contributed by atoms with E-state index in [9.17, 15) is 49.8 Å². The molecule has 306 valence electrons. The van der Waals surface area contributed by atoms with Crippen LogP contribution in [-0.2, 0) is 42.8 Å². The van der Waals surface area contributed by atoms with Crippen LogP contribution >= 0.6 is 0 Å². The van der Waals surface area contributed by atoms with Crippen molar-refractivity contribution in [3.8, 4) is 0 Å². The largest absolute Gasteiger partial charge is 0.460 e. The van der Waals surface area contributed by atoms with E-state index in [1.165, 1.54) is 19.1 Å². The summed E-state index contributed by atoms with van der Waals surface area (Å²) in [5, 5.41) is 64.6. The summed E-state index contributed by atoms with van der Waals surface area (Å²) in [6, 6.07) is 4.09. The van der Waals surface area contributed by atoms with Crippen LogP contribution in [0, 0.1) is 0 Å². The first-order chi connectivity index (χ1) is 26.0. The molecule has 0 bridgehead atoms. The van der Waals surface area contributed by atoms with Crippen molar-refractivity contribution in [2.75, 3.05) is 26.6 Å². The third-order valence-corrected chi connectivity index (χ3v) is 8.92. The molecule has 2 amide bonds. The monoisotopic (exact) mass is 780 g/mol. The molecule has 0 saturated carbocycles. The van der Waals surface area contributed by atoms with Crippen LogP contribution in [0.1, 0.15) is 62.9 Å². The Labute approximate surface area is 318 Å². The maximum Gasteiger partial charge on any atom is 0.338 e. The number of fused-ring (bicyclic) bond motifs is 1. The van der Waals surface area contributed by atoms with Gasteiger partial charge in [-0.1, -0.05) is 24.3 Å². The summed E-state index contributed by atoms with van der Waals surface area (Å²) in [7, 11) is 0. The topological polar surface area (TPSA) is 269 Å². The van der Waals surface area contributed by atoms with Crippen LogP contribution in [0.3, 0.4) is 0 Å². The molecule has 4 rings (SSSR count). The Balaban J connectivity index is 1.34. The number of esters is 2. The van der Waals surface area contributed by atoms with E-state index in [4.69, 9.17) is 28.4 Å². The van der Waals surface area contributed by atoms with Crippen molar-refractivity contribution in [3.63, 3.8) is 0 Å². The predicted octanol–water partition coefficient (Wildman–Crippen LogP) is -1.42. The van der Waals surface area contributed by atoms with Crippen molar-refractivity contribution >= 4 is 29.8 Å². The second kappa shape index (κ2) is 19.9. The van der Waals surface area contributed by atoms with Crippen molar-refractivity contribution in [1.29, 1.82) is 0 Å². The van der Waals surface area contributed by atoms with Crippen molar-refractivity contribution in [3.05, 3.63) is 53.1 Å². The van der Waals surface area contributed by atoms with Gasteiger partial charge in [-0.05, 0) is 57.9 Å². The number of carbonyl (C=O) groups excluding carboxylic acids is 4. The van der Waals surface area contributed by atoms with Gasteiger partial charge in [0.25, 0.3) is 0 Å². The molecule has 1 aromatic carbocycles. The lowest BCUT2D eigenvalue weighted by Gasteiger charge is -2.39. The number of carbonyl (C=O) groups is 4. The second-order valence-corrected chi connectivity index (χ2v) is 14.5. The number of hydrogen-bond acceptors (Lipinski definition) is 16. The zero-order valence-corrected chi connectivity index (χ0v) is 31.1. The number of benzene rings is 1. The van der Waals surface area contributed by atoms with Gasteiger partial charge in [0.15, 0.2) is 6.29 Å². The van der Waals surface area contributed by atoms with Crippen LogP contribution in [0.15, 0.2) is 42.0 Å². The maximum atomic E-state index is 13.5. The lowest BCUT2D eigenvalue weighted by molar-refractivity contribution is -0.298. The third kappa shape index (κ3) is 12.3. The highest BCUT2D eigenvalue weighted by molar-refractivity contribution is 5.97. The number of aliphatic hydroxyl groups excluding tert-OH is 6. The van der Waals surface area contributed by atoms with Crippen molar-refractivity contribution in [2.45, 2.75) is 120 Å². The zero-order chi connectivity index (χ0) is 40.4. The Morgan fingerprint density at radius 1 is 1.04 bits per heavy atom. The minimum Gasteiger partial charge on any atom is -0.460 e. The number of amides is 2. The fourth-order valence-corrected chi connectivity index (χ4v) is 6.06. The van der Waals surface area contributed by atoms with Crippen molar-refractivity contribution in [2.24, 2.45) is 0 Å². The van der Waals surface area contributed by atoms with Gasteiger partial charge in [0.1, 0.15) is 61.2 Å². The van der Waals surface area contributed by atoms with Crippen molar-refractivity contribution in [1.82, 2.24) is 10.6 Å². The Kier molecular flexibility index (Phi) is 15.9. The van der Waals surface area contributed by atoms with Crippen LogP contribution in [-0.4, -0.2) is 154 Å². The first-order valence-corrected chi connectivity index (χ1v) is 18.0. The van der Waals surface area contributed by atoms with Gasteiger partial charge in [0, 0.05) is 18.4 Å². The highest BCUT2D eigenvalue weighted by Gasteiger charge is 2.45. The van der Waals surface area contributed by atoms with Gasteiger partial charge < -0.3 is 69.7 Å². The number of ether oxygens (including phenoxy) is 6. The maximum absolute atomic E-state index is 13.5. The molecule has 8 N–H and O–H groups in total. The lowest BCUT2D eigenvalue weighted by atomic mass is 9.91. The summed E-state index contributed by atoms with van der Waals surface area (Å²) < 4.78 is 33.1. The molecular formula is C37H52N2O16. The normalized spacial score (nSPS) is 28.4. The van der Waals surface area contributed by atoms with E-state index in [-0.39, 0.29) is 43.8 Å². The van der Waals surface area contributed by atoms with Crippen LogP contribution in [0.2, 0.25) is 0 Å². The molecule has 1 aliphatic carbocycles. The van der Waals surface area contributed by atoms with E-state index in [0.717, 1.165) is 0 Å². The molecule has 0 radical (unpaired) electrons. The molecule has 0 unspecified atom stereocenters. The lowest BCUT2D eigenvalue weighted by Crippen LogP contribution is -2.59. The van der Waals surface area contributed by atoms with Gasteiger partial charge in [0.05, 0.1) is 37.5 Å². The molecule has 55 heavy (non-hydrogen) atoms. The first-order valence-electron chi connectivity index (χ1n) is 18.0. The quantitative estimate of drug-likeness (QED) is 0.0895. The van der Waals surface area contributed by atoms with Gasteiger partial charge in [0.2, 0.25) is 11.8 Å². The summed E-state index contributed by atoms with van der Waals surface area (Å²) in [5.41, 5.74) is 0.152. The predicted molar refractivity (Wildman–Crippen MR) is 189 cm³/mol. The number of nitrogens with one attached hydrogen (secondary N) is 2. The molecule has 3 aliphatic rings. The summed E-state index contributed by atoms with van der Waals surface area (Å²) in [6.45, 7) is 5.13. The Hall–Kier alpha value is -3.82. The van der Waals surface area contributed by atoms with Gasteiger partial charge in [-0.25, -0.2) is 4.79 Å². The zero-order valence-electron chi connectivity index (χ0n) is 31.1. The molecule has 11 atom stereocenters.